The first-order valence-corrected chi connectivity index (χ1v) is 6.56. The zero-order chi connectivity index (χ0) is 12.4. The SMILES string of the molecule is CCOCCN(CC)CC(C)(CC)CNC. The molecule has 0 rings (SSSR count). The average molecular weight is 230 g/mol. The van der Waals surface area contributed by atoms with E-state index in [9.17, 15) is 0 Å². The summed E-state index contributed by atoms with van der Waals surface area (Å²) in [5.74, 6) is 0. The fourth-order valence-electron chi connectivity index (χ4n) is 1.95. The molecule has 3 nitrogen and oxygen atoms in total. The quantitative estimate of drug-likeness (QED) is 0.581. The maximum atomic E-state index is 5.42. The molecule has 1 unspecified atom stereocenters. The van der Waals surface area contributed by atoms with Crippen LogP contribution < -0.4 is 5.32 Å². The maximum Gasteiger partial charge on any atom is 0.0593 e. The van der Waals surface area contributed by atoms with E-state index in [0.717, 1.165) is 39.4 Å². The van der Waals surface area contributed by atoms with Crippen molar-refractivity contribution in [3.63, 3.8) is 0 Å². The van der Waals surface area contributed by atoms with Crippen LogP contribution in [-0.2, 0) is 4.74 Å². The predicted octanol–water partition coefficient (Wildman–Crippen LogP) is 1.98. The molecule has 0 heterocycles. The topological polar surface area (TPSA) is 24.5 Å². The molecule has 0 aliphatic carbocycles. The summed E-state index contributed by atoms with van der Waals surface area (Å²) in [4.78, 5) is 2.48. The van der Waals surface area contributed by atoms with Crippen LogP contribution in [0.3, 0.4) is 0 Å². The predicted molar refractivity (Wildman–Crippen MR) is 70.9 cm³/mol. The number of likely N-dealkylation sites (N-methyl/N-ethyl adjacent to an activating group) is 1. The molecule has 0 spiro atoms. The number of hydrogen-bond acceptors (Lipinski definition) is 3. The van der Waals surface area contributed by atoms with E-state index in [0.29, 0.717) is 5.41 Å². The summed E-state index contributed by atoms with van der Waals surface area (Å²) in [5.41, 5.74) is 0.372. The van der Waals surface area contributed by atoms with E-state index in [1.54, 1.807) is 0 Å². The minimum atomic E-state index is 0.372. The highest BCUT2D eigenvalue weighted by atomic mass is 16.5. The van der Waals surface area contributed by atoms with Crippen LogP contribution in [0.1, 0.15) is 34.1 Å². The smallest absolute Gasteiger partial charge is 0.0593 e. The van der Waals surface area contributed by atoms with E-state index in [1.807, 2.05) is 14.0 Å². The van der Waals surface area contributed by atoms with Gasteiger partial charge in [0.2, 0.25) is 0 Å². The van der Waals surface area contributed by atoms with Gasteiger partial charge in [-0.25, -0.2) is 0 Å². The van der Waals surface area contributed by atoms with Crippen LogP contribution >= 0.6 is 0 Å². The van der Waals surface area contributed by atoms with Crippen molar-refractivity contribution in [3.05, 3.63) is 0 Å². The standard InChI is InChI=1S/C13H30N2O/c1-6-13(4,11-14-5)12-15(7-2)9-10-16-8-3/h14H,6-12H2,1-5H3. The molecule has 0 aliphatic heterocycles. The number of nitrogens with one attached hydrogen (secondary N) is 1. The van der Waals surface area contributed by atoms with Crippen LogP contribution in [0.2, 0.25) is 0 Å². The van der Waals surface area contributed by atoms with Gasteiger partial charge in [0.15, 0.2) is 0 Å². The molecular formula is C13H30N2O. The van der Waals surface area contributed by atoms with Gasteiger partial charge in [0.1, 0.15) is 0 Å². The lowest BCUT2D eigenvalue weighted by atomic mass is 9.87. The molecule has 0 saturated heterocycles. The van der Waals surface area contributed by atoms with Gasteiger partial charge in [-0.15, -0.1) is 0 Å². The van der Waals surface area contributed by atoms with Crippen LogP contribution in [0.15, 0.2) is 0 Å². The van der Waals surface area contributed by atoms with E-state index in [1.165, 1.54) is 6.42 Å². The monoisotopic (exact) mass is 230 g/mol. The number of hydrogen-bond donors (Lipinski definition) is 1. The first-order valence-electron chi connectivity index (χ1n) is 6.56. The maximum absolute atomic E-state index is 5.42. The first-order chi connectivity index (χ1) is 7.61. The van der Waals surface area contributed by atoms with Gasteiger partial charge in [0.25, 0.3) is 0 Å². The Balaban J connectivity index is 4.05. The second kappa shape index (κ2) is 8.97. The van der Waals surface area contributed by atoms with Crippen LogP contribution in [0, 0.1) is 5.41 Å². The van der Waals surface area contributed by atoms with Crippen LogP contribution in [0.5, 0.6) is 0 Å². The number of nitrogens with zero attached hydrogens (tertiary/aromatic N) is 1. The van der Waals surface area contributed by atoms with E-state index in [4.69, 9.17) is 4.74 Å². The Morgan fingerprint density at radius 1 is 1.25 bits per heavy atom. The molecule has 1 N–H and O–H groups in total. The molecule has 0 aromatic heterocycles. The van der Waals surface area contributed by atoms with Gasteiger partial charge in [0, 0.05) is 26.2 Å². The number of ether oxygens (including phenoxy) is 1. The third kappa shape index (κ3) is 6.46. The van der Waals surface area contributed by atoms with Gasteiger partial charge >= 0.3 is 0 Å². The van der Waals surface area contributed by atoms with Crippen molar-refractivity contribution in [1.82, 2.24) is 10.2 Å². The molecule has 0 aliphatic rings. The average Bonchev–Trinajstić information content (AvgIpc) is 2.28. The van der Waals surface area contributed by atoms with Crippen molar-refractivity contribution in [3.8, 4) is 0 Å². The van der Waals surface area contributed by atoms with Gasteiger partial charge in [-0.05, 0) is 32.4 Å². The molecule has 0 saturated carbocycles. The Morgan fingerprint density at radius 2 is 1.94 bits per heavy atom. The zero-order valence-corrected chi connectivity index (χ0v) is 11.8. The van der Waals surface area contributed by atoms with E-state index < -0.39 is 0 Å². The number of rotatable bonds is 10. The zero-order valence-electron chi connectivity index (χ0n) is 11.8. The van der Waals surface area contributed by atoms with Crippen molar-refractivity contribution in [2.75, 3.05) is 46.4 Å². The summed E-state index contributed by atoms with van der Waals surface area (Å²) in [5, 5.41) is 3.30. The Morgan fingerprint density at radius 3 is 2.38 bits per heavy atom. The van der Waals surface area contributed by atoms with Gasteiger partial charge < -0.3 is 15.0 Å². The summed E-state index contributed by atoms with van der Waals surface area (Å²) in [7, 11) is 2.03. The van der Waals surface area contributed by atoms with E-state index >= 15 is 0 Å². The fourth-order valence-corrected chi connectivity index (χ4v) is 1.95. The largest absolute Gasteiger partial charge is 0.380 e. The summed E-state index contributed by atoms with van der Waals surface area (Å²) in [6.07, 6.45) is 1.21. The van der Waals surface area contributed by atoms with Gasteiger partial charge in [0.05, 0.1) is 6.61 Å². The molecule has 0 aromatic rings. The molecule has 3 heteroatoms. The third-order valence-electron chi connectivity index (χ3n) is 3.27. The highest BCUT2D eigenvalue weighted by molar-refractivity contribution is 4.78. The Labute approximate surface area is 102 Å². The lowest BCUT2D eigenvalue weighted by Crippen LogP contribution is -2.42. The molecule has 16 heavy (non-hydrogen) atoms. The van der Waals surface area contributed by atoms with Crippen molar-refractivity contribution in [2.45, 2.75) is 34.1 Å². The molecular weight excluding hydrogens is 200 g/mol. The summed E-state index contributed by atoms with van der Waals surface area (Å²) < 4.78 is 5.42. The fraction of sp³-hybridized carbons (Fsp3) is 1.00. The molecule has 1 atom stereocenters. The van der Waals surface area contributed by atoms with Gasteiger partial charge in [-0.1, -0.05) is 20.8 Å². The normalized spacial score (nSPS) is 15.4. The Bertz CT molecular complexity index is 164. The van der Waals surface area contributed by atoms with Crippen LogP contribution in [0.25, 0.3) is 0 Å². The highest BCUT2D eigenvalue weighted by Crippen LogP contribution is 2.21. The molecule has 0 radical (unpaired) electrons. The molecule has 98 valence electrons. The van der Waals surface area contributed by atoms with E-state index in [-0.39, 0.29) is 0 Å². The van der Waals surface area contributed by atoms with Crippen molar-refractivity contribution in [1.29, 1.82) is 0 Å². The van der Waals surface area contributed by atoms with Crippen LogP contribution in [-0.4, -0.2) is 51.3 Å². The molecule has 0 aromatic carbocycles. The molecule has 0 amide bonds. The minimum absolute atomic E-state index is 0.372. The summed E-state index contributed by atoms with van der Waals surface area (Å²) in [6.45, 7) is 14.9. The minimum Gasteiger partial charge on any atom is -0.380 e. The summed E-state index contributed by atoms with van der Waals surface area (Å²) >= 11 is 0. The Hall–Kier alpha value is -0.120. The lowest BCUT2D eigenvalue weighted by Gasteiger charge is -2.34. The van der Waals surface area contributed by atoms with Gasteiger partial charge in [-0.3, -0.25) is 0 Å². The highest BCUT2D eigenvalue weighted by Gasteiger charge is 2.23. The second-order valence-corrected chi connectivity index (χ2v) is 4.76. The van der Waals surface area contributed by atoms with Crippen molar-refractivity contribution < 1.29 is 4.74 Å². The van der Waals surface area contributed by atoms with Gasteiger partial charge in [-0.2, -0.15) is 0 Å². The second-order valence-electron chi connectivity index (χ2n) is 4.76. The van der Waals surface area contributed by atoms with E-state index in [2.05, 4.69) is 31.0 Å². The third-order valence-corrected chi connectivity index (χ3v) is 3.27. The first kappa shape index (κ1) is 15.9. The van der Waals surface area contributed by atoms with Crippen molar-refractivity contribution >= 4 is 0 Å². The summed E-state index contributed by atoms with van der Waals surface area (Å²) in [6, 6.07) is 0. The van der Waals surface area contributed by atoms with Crippen LogP contribution in [0.4, 0.5) is 0 Å². The molecule has 0 bridgehead atoms. The van der Waals surface area contributed by atoms with Crippen molar-refractivity contribution in [2.24, 2.45) is 5.41 Å². The molecule has 0 fully saturated rings. The lowest BCUT2D eigenvalue weighted by molar-refractivity contribution is 0.0921. The Kier molecular flexibility index (Phi) is 8.90.